The molecular weight excluding hydrogens is 364 g/mol. The van der Waals surface area contributed by atoms with Crippen molar-refractivity contribution in [3.05, 3.63) is 24.4 Å². The molecule has 154 valence electrons. The molecule has 1 fully saturated rings. The summed E-state index contributed by atoms with van der Waals surface area (Å²) in [4.78, 5) is 4.43. The minimum atomic E-state index is -1.84. The van der Waals surface area contributed by atoms with Gasteiger partial charge in [-0.3, -0.25) is 4.68 Å². The van der Waals surface area contributed by atoms with Gasteiger partial charge >= 0.3 is 0 Å². The van der Waals surface area contributed by atoms with E-state index in [0.29, 0.717) is 12.0 Å². The maximum absolute atomic E-state index is 7.09. The van der Waals surface area contributed by atoms with E-state index in [9.17, 15) is 0 Å². The van der Waals surface area contributed by atoms with Gasteiger partial charge < -0.3 is 8.99 Å². The standard InChI is InChI=1S/C22H36N4OSi/c1-22(2,3)28(5,6)27-20(16-10-8-7-9-11-16)12-18-21-17(14-25(4)24-21)19-13-23-15-26(18)19/h13-16,18,20H,7-12H2,1-6H3. The second-order valence-electron chi connectivity index (χ2n) is 10.4. The first-order chi connectivity index (χ1) is 13.2. The van der Waals surface area contributed by atoms with E-state index in [4.69, 9.17) is 9.52 Å². The van der Waals surface area contributed by atoms with Crippen LogP contribution in [-0.2, 0) is 11.5 Å². The van der Waals surface area contributed by atoms with Gasteiger partial charge in [-0.25, -0.2) is 4.98 Å². The lowest BCUT2D eigenvalue weighted by Crippen LogP contribution is -2.46. The Morgan fingerprint density at radius 1 is 1.21 bits per heavy atom. The van der Waals surface area contributed by atoms with Crippen LogP contribution in [0.5, 0.6) is 0 Å². The zero-order valence-corrected chi connectivity index (χ0v) is 19.4. The fourth-order valence-electron chi connectivity index (χ4n) is 4.69. The second kappa shape index (κ2) is 7.13. The van der Waals surface area contributed by atoms with E-state index in [0.717, 1.165) is 6.42 Å². The molecule has 2 aromatic heterocycles. The van der Waals surface area contributed by atoms with Gasteiger partial charge in [-0.15, -0.1) is 0 Å². The largest absolute Gasteiger partial charge is 0.414 e. The first kappa shape index (κ1) is 19.9. The van der Waals surface area contributed by atoms with E-state index in [-0.39, 0.29) is 11.1 Å². The lowest BCUT2D eigenvalue weighted by atomic mass is 9.83. The van der Waals surface area contributed by atoms with Crippen LogP contribution in [0.25, 0.3) is 11.3 Å². The van der Waals surface area contributed by atoms with Gasteiger partial charge in [-0.1, -0.05) is 40.0 Å². The van der Waals surface area contributed by atoms with Crippen molar-refractivity contribution in [2.24, 2.45) is 13.0 Å². The lowest BCUT2D eigenvalue weighted by molar-refractivity contribution is 0.0771. The van der Waals surface area contributed by atoms with Crippen molar-refractivity contribution in [1.29, 1.82) is 0 Å². The molecule has 3 heterocycles. The van der Waals surface area contributed by atoms with Crippen LogP contribution in [0, 0.1) is 5.92 Å². The van der Waals surface area contributed by atoms with Crippen LogP contribution in [0.4, 0.5) is 0 Å². The van der Waals surface area contributed by atoms with E-state index >= 15 is 0 Å². The minimum absolute atomic E-state index is 0.228. The summed E-state index contributed by atoms with van der Waals surface area (Å²) in [6, 6.07) is 0.241. The van der Waals surface area contributed by atoms with Gasteiger partial charge in [0.15, 0.2) is 8.32 Å². The Balaban J connectivity index is 1.64. The number of fused-ring (bicyclic) bond motifs is 3. The van der Waals surface area contributed by atoms with Crippen molar-refractivity contribution in [2.45, 2.75) is 89.6 Å². The molecule has 28 heavy (non-hydrogen) atoms. The molecule has 6 heteroatoms. The zero-order chi connectivity index (χ0) is 20.1. The van der Waals surface area contributed by atoms with Gasteiger partial charge in [0.25, 0.3) is 0 Å². The van der Waals surface area contributed by atoms with Crippen molar-refractivity contribution in [3.63, 3.8) is 0 Å². The number of aromatic nitrogens is 4. The van der Waals surface area contributed by atoms with Crippen LogP contribution >= 0.6 is 0 Å². The predicted octanol–water partition coefficient (Wildman–Crippen LogP) is 5.55. The highest BCUT2D eigenvalue weighted by molar-refractivity contribution is 6.74. The molecule has 0 bridgehead atoms. The molecule has 2 aromatic rings. The molecule has 5 nitrogen and oxygen atoms in total. The van der Waals surface area contributed by atoms with Gasteiger partial charge in [0, 0.05) is 18.8 Å². The molecule has 2 atom stereocenters. The second-order valence-corrected chi connectivity index (χ2v) is 15.1. The SMILES string of the molecule is Cn1cc2c(n1)C(CC(O[Si](C)(C)C(C)(C)C)C1CCCCC1)n1cncc1-2. The van der Waals surface area contributed by atoms with Crippen molar-refractivity contribution >= 4 is 8.32 Å². The normalized spacial score (nSPS) is 21.6. The molecule has 0 N–H and O–H groups in total. The fourth-order valence-corrected chi connectivity index (χ4v) is 6.08. The molecule has 2 unspecified atom stereocenters. The summed E-state index contributed by atoms with van der Waals surface area (Å²) in [7, 11) is 0.178. The molecule has 1 aliphatic heterocycles. The van der Waals surface area contributed by atoms with Crippen LogP contribution in [0.15, 0.2) is 18.7 Å². The number of hydrogen-bond donors (Lipinski definition) is 0. The Morgan fingerprint density at radius 2 is 1.93 bits per heavy atom. The quantitative estimate of drug-likeness (QED) is 0.618. The van der Waals surface area contributed by atoms with Crippen LogP contribution in [0.2, 0.25) is 18.1 Å². The molecule has 1 saturated carbocycles. The number of hydrogen-bond acceptors (Lipinski definition) is 3. The third-order valence-electron chi connectivity index (χ3n) is 7.33. The van der Waals surface area contributed by atoms with E-state index in [1.807, 2.05) is 24.3 Å². The fraction of sp³-hybridized carbons (Fsp3) is 0.727. The first-order valence-electron chi connectivity index (χ1n) is 10.9. The predicted molar refractivity (Wildman–Crippen MR) is 116 cm³/mol. The van der Waals surface area contributed by atoms with Crippen molar-refractivity contribution in [2.75, 3.05) is 0 Å². The van der Waals surface area contributed by atoms with E-state index in [1.165, 1.54) is 49.1 Å². The van der Waals surface area contributed by atoms with E-state index in [1.54, 1.807) is 0 Å². The summed E-state index contributed by atoms with van der Waals surface area (Å²) >= 11 is 0. The topological polar surface area (TPSA) is 44.9 Å². The molecular formula is C22H36N4OSi. The number of nitrogens with zero attached hydrogens (tertiary/aromatic N) is 4. The van der Waals surface area contributed by atoms with Crippen LogP contribution < -0.4 is 0 Å². The van der Waals surface area contributed by atoms with Crippen LogP contribution in [0.1, 0.15) is 71.0 Å². The van der Waals surface area contributed by atoms with Crippen molar-refractivity contribution in [1.82, 2.24) is 19.3 Å². The Morgan fingerprint density at radius 3 is 2.61 bits per heavy atom. The highest BCUT2D eigenvalue weighted by Crippen LogP contribution is 2.45. The van der Waals surface area contributed by atoms with E-state index < -0.39 is 8.32 Å². The Labute approximate surface area is 170 Å². The van der Waals surface area contributed by atoms with Gasteiger partial charge in [-0.2, -0.15) is 5.10 Å². The summed E-state index contributed by atoms with van der Waals surface area (Å²) in [6.45, 7) is 11.8. The molecule has 4 rings (SSSR count). The Kier molecular flexibility index (Phi) is 5.07. The molecule has 0 aromatic carbocycles. The van der Waals surface area contributed by atoms with Gasteiger partial charge in [0.2, 0.25) is 0 Å². The molecule has 0 saturated heterocycles. The average molecular weight is 401 g/mol. The maximum atomic E-state index is 7.09. The van der Waals surface area contributed by atoms with Crippen molar-refractivity contribution < 1.29 is 4.43 Å². The zero-order valence-electron chi connectivity index (χ0n) is 18.4. The summed E-state index contributed by atoms with van der Waals surface area (Å²) < 4.78 is 11.4. The number of aryl methyl sites for hydroxylation is 1. The highest BCUT2D eigenvalue weighted by atomic mass is 28.4. The third kappa shape index (κ3) is 3.50. The molecule has 0 spiro atoms. The molecule has 1 aliphatic carbocycles. The average Bonchev–Trinajstić information content (AvgIpc) is 3.29. The monoisotopic (exact) mass is 400 g/mol. The van der Waals surface area contributed by atoms with Crippen LogP contribution in [-0.4, -0.2) is 33.8 Å². The number of rotatable bonds is 5. The summed E-state index contributed by atoms with van der Waals surface area (Å²) in [5.41, 5.74) is 3.63. The number of imidazole rings is 1. The summed E-state index contributed by atoms with van der Waals surface area (Å²) in [6.07, 6.45) is 14.1. The van der Waals surface area contributed by atoms with Crippen molar-refractivity contribution in [3.8, 4) is 11.3 Å². The summed E-state index contributed by atoms with van der Waals surface area (Å²) in [5.74, 6) is 0.669. The van der Waals surface area contributed by atoms with Gasteiger partial charge in [-0.05, 0) is 43.3 Å². The summed E-state index contributed by atoms with van der Waals surface area (Å²) in [5, 5.41) is 5.05. The van der Waals surface area contributed by atoms with Gasteiger partial charge in [0.05, 0.1) is 36.1 Å². The van der Waals surface area contributed by atoms with Crippen LogP contribution in [0.3, 0.4) is 0 Å². The third-order valence-corrected chi connectivity index (χ3v) is 11.8. The highest BCUT2D eigenvalue weighted by Gasteiger charge is 2.43. The molecule has 2 aliphatic rings. The molecule has 0 amide bonds. The van der Waals surface area contributed by atoms with Gasteiger partial charge in [0.1, 0.15) is 0 Å². The molecule has 0 radical (unpaired) electrons. The minimum Gasteiger partial charge on any atom is -0.414 e. The maximum Gasteiger partial charge on any atom is 0.192 e. The Bertz CT molecular complexity index is 826. The van der Waals surface area contributed by atoms with E-state index in [2.05, 4.69) is 49.6 Å². The smallest absolute Gasteiger partial charge is 0.192 e. The first-order valence-corrected chi connectivity index (χ1v) is 13.8. The lowest BCUT2D eigenvalue weighted by Gasteiger charge is -2.43. The Hall–Kier alpha value is -1.40.